The molecule has 0 fully saturated rings. The average Bonchev–Trinajstić information content (AvgIpc) is 2.89. The lowest BCUT2D eigenvalue weighted by atomic mass is 10.1. The van der Waals surface area contributed by atoms with Gasteiger partial charge in [-0.2, -0.15) is 5.10 Å². The Labute approximate surface area is 131 Å². The number of nitrogens with zero attached hydrogens (tertiary/aromatic N) is 1. The van der Waals surface area contributed by atoms with Gasteiger partial charge in [0.05, 0.1) is 17.4 Å². The fraction of sp³-hybridized carbons (Fsp3) is 0. The summed E-state index contributed by atoms with van der Waals surface area (Å²) in [4.78, 5) is 12.2. The highest BCUT2D eigenvalue weighted by atomic mass is 79.9. The van der Waals surface area contributed by atoms with E-state index in [4.69, 9.17) is 0 Å². The molecular formula is C14H9Br2N3O. The second-order valence-corrected chi connectivity index (χ2v) is 6.02. The van der Waals surface area contributed by atoms with E-state index in [-0.39, 0.29) is 5.91 Å². The second kappa shape index (κ2) is 5.38. The first-order valence-electron chi connectivity index (χ1n) is 5.83. The highest BCUT2D eigenvalue weighted by Gasteiger charge is 2.09. The van der Waals surface area contributed by atoms with Gasteiger partial charge < -0.3 is 5.32 Å². The van der Waals surface area contributed by atoms with Gasteiger partial charge in [0.25, 0.3) is 5.91 Å². The van der Waals surface area contributed by atoms with Crippen LogP contribution in [0.5, 0.6) is 0 Å². The molecule has 1 amide bonds. The number of fused-ring (bicyclic) bond motifs is 1. The van der Waals surface area contributed by atoms with E-state index < -0.39 is 0 Å². The zero-order valence-electron chi connectivity index (χ0n) is 10.2. The van der Waals surface area contributed by atoms with Crippen molar-refractivity contribution in [2.45, 2.75) is 0 Å². The van der Waals surface area contributed by atoms with Crippen LogP contribution >= 0.6 is 31.9 Å². The van der Waals surface area contributed by atoms with Crippen LogP contribution in [0.1, 0.15) is 10.4 Å². The van der Waals surface area contributed by atoms with E-state index in [1.807, 2.05) is 24.3 Å². The fourth-order valence-electron chi connectivity index (χ4n) is 1.86. The van der Waals surface area contributed by atoms with Gasteiger partial charge in [-0.05, 0) is 46.3 Å². The number of benzene rings is 2. The summed E-state index contributed by atoms with van der Waals surface area (Å²) in [6, 6.07) is 11.0. The Morgan fingerprint density at radius 3 is 2.80 bits per heavy atom. The summed E-state index contributed by atoms with van der Waals surface area (Å²) in [5, 5.41) is 10.6. The summed E-state index contributed by atoms with van der Waals surface area (Å²) in [5.41, 5.74) is 2.15. The van der Waals surface area contributed by atoms with Gasteiger partial charge in [-0.15, -0.1) is 0 Å². The quantitative estimate of drug-likeness (QED) is 0.679. The third-order valence-corrected chi connectivity index (χ3v) is 4.03. The molecule has 0 radical (unpaired) electrons. The molecule has 4 nitrogen and oxygen atoms in total. The molecule has 2 N–H and O–H groups in total. The van der Waals surface area contributed by atoms with Crippen LogP contribution in [0.4, 0.5) is 5.69 Å². The highest BCUT2D eigenvalue weighted by molar-refractivity contribution is 9.11. The molecule has 0 aliphatic carbocycles. The van der Waals surface area contributed by atoms with Crippen LogP contribution in [0.2, 0.25) is 0 Å². The van der Waals surface area contributed by atoms with E-state index in [0.717, 1.165) is 25.5 Å². The number of aromatic nitrogens is 2. The summed E-state index contributed by atoms with van der Waals surface area (Å²) in [7, 11) is 0. The Morgan fingerprint density at radius 1 is 1.15 bits per heavy atom. The second-order valence-electron chi connectivity index (χ2n) is 4.25. The molecule has 100 valence electrons. The first kappa shape index (κ1) is 13.3. The van der Waals surface area contributed by atoms with E-state index in [0.29, 0.717) is 5.56 Å². The summed E-state index contributed by atoms with van der Waals surface area (Å²) >= 11 is 6.80. The molecule has 20 heavy (non-hydrogen) atoms. The van der Waals surface area contributed by atoms with Gasteiger partial charge in [0.1, 0.15) is 0 Å². The zero-order chi connectivity index (χ0) is 14.1. The molecule has 0 spiro atoms. The SMILES string of the molecule is O=C(Nc1ccc(Br)cc1Br)c1ccc2cn[nH]c2c1. The monoisotopic (exact) mass is 393 g/mol. The first-order valence-corrected chi connectivity index (χ1v) is 7.41. The maximum atomic E-state index is 12.2. The number of halogens is 2. The molecule has 0 atom stereocenters. The lowest BCUT2D eigenvalue weighted by Gasteiger charge is -2.08. The minimum atomic E-state index is -0.162. The molecule has 2 aromatic carbocycles. The van der Waals surface area contributed by atoms with Crippen molar-refractivity contribution in [3.05, 3.63) is 57.1 Å². The molecule has 1 heterocycles. The van der Waals surface area contributed by atoms with E-state index in [2.05, 4.69) is 47.4 Å². The van der Waals surface area contributed by atoms with Crippen LogP contribution in [0.25, 0.3) is 10.9 Å². The summed E-state index contributed by atoms with van der Waals surface area (Å²) in [6.07, 6.45) is 1.72. The van der Waals surface area contributed by atoms with Crippen molar-refractivity contribution in [2.24, 2.45) is 0 Å². The predicted octanol–water partition coefficient (Wildman–Crippen LogP) is 4.34. The molecule has 0 aliphatic heterocycles. The smallest absolute Gasteiger partial charge is 0.255 e. The van der Waals surface area contributed by atoms with Crippen molar-refractivity contribution in [2.75, 3.05) is 5.32 Å². The van der Waals surface area contributed by atoms with Gasteiger partial charge in [0.15, 0.2) is 0 Å². The number of carbonyl (C=O) groups is 1. The largest absolute Gasteiger partial charge is 0.321 e. The van der Waals surface area contributed by atoms with Crippen LogP contribution in [-0.4, -0.2) is 16.1 Å². The number of H-pyrrole nitrogens is 1. The Morgan fingerprint density at radius 2 is 2.00 bits per heavy atom. The summed E-state index contributed by atoms with van der Waals surface area (Å²) in [6.45, 7) is 0. The molecule has 6 heteroatoms. The maximum absolute atomic E-state index is 12.2. The summed E-state index contributed by atoms with van der Waals surface area (Å²) in [5.74, 6) is -0.162. The molecule has 1 aromatic heterocycles. The summed E-state index contributed by atoms with van der Waals surface area (Å²) < 4.78 is 1.77. The lowest BCUT2D eigenvalue weighted by molar-refractivity contribution is 0.102. The van der Waals surface area contributed by atoms with E-state index in [1.54, 1.807) is 18.3 Å². The fourth-order valence-corrected chi connectivity index (χ4v) is 3.01. The van der Waals surface area contributed by atoms with E-state index in [9.17, 15) is 4.79 Å². The highest BCUT2D eigenvalue weighted by Crippen LogP contribution is 2.26. The Kier molecular flexibility index (Phi) is 3.58. The van der Waals surface area contributed by atoms with Gasteiger partial charge in [0, 0.05) is 19.9 Å². The molecule has 0 aliphatic rings. The van der Waals surface area contributed by atoms with Crippen molar-refractivity contribution in [1.82, 2.24) is 10.2 Å². The molecule has 0 saturated carbocycles. The average molecular weight is 395 g/mol. The van der Waals surface area contributed by atoms with Gasteiger partial charge in [-0.1, -0.05) is 22.0 Å². The van der Waals surface area contributed by atoms with Crippen molar-refractivity contribution < 1.29 is 4.79 Å². The van der Waals surface area contributed by atoms with Gasteiger partial charge >= 0.3 is 0 Å². The Balaban J connectivity index is 1.88. The molecule has 3 aromatic rings. The van der Waals surface area contributed by atoms with Crippen molar-refractivity contribution in [3.8, 4) is 0 Å². The number of carbonyl (C=O) groups excluding carboxylic acids is 1. The number of nitrogens with one attached hydrogen (secondary N) is 2. The Bertz CT molecular complexity index is 798. The molecular weight excluding hydrogens is 386 g/mol. The van der Waals surface area contributed by atoms with Crippen molar-refractivity contribution in [1.29, 1.82) is 0 Å². The van der Waals surface area contributed by atoms with Gasteiger partial charge in [-0.3, -0.25) is 9.89 Å². The number of amides is 1. The molecule has 0 saturated heterocycles. The van der Waals surface area contributed by atoms with Crippen LogP contribution in [-0.2, 0) is 0 Å². The van der Waals surface area contributed by atoms with Crippen LogP contribution in [0, 0.1) is 0 Å². The normalized spacial score (nSPS) is 10.7. The van der Waals surface area contributed by atoms with Gasteiger partial charge in [0.2, 0.25) is 0 Å². The van der Waals surface area contributed by atoms with Crippen LogP contribution in [0.15, 0.2) is 51.5 Å². The minimum Gasteiger partial charge on any atom is -0.321 e. The van der Waals surface area contributed by atoms with E-state index in [1.165, 1.54) is 0 Å². The third-order valence-electron chi connectivity index (χ3n) is 2.88. The maximum Gasteiger partial charge on any atom is 0.255 e. The van der Waals surface area contributed by atoms with Gasteiger partial charge in [-0.25, -0.2) is 0 Å². The third kappa shape index (κ3) is 2.62. The molecule has 0 bridgehead atoms. The number of rotatable bonds is 2. The zero-order valence-corrected chi connectivity index (χ0v) is 13.3. The predicted molar refractivity (Wildman–Crippen MR) is 85.9 cm³/mol. The van der Waals surface area contributed by atoms with E-state index >= 15 is 0 Å². The number of aromatic amines is 1. The van der Waals surface area contributed by atoms with Crippen LogP contribution in [0.3, 0.4) is 0 Å². The van der Waals surface area contributed by atoms with Crippen molar-refractivity contribution in [3.63, 3.8) is 0 Å². The van der Waals surface area contributed by atoms with Crippen molar-refractivity contribution >= 4 is 54.4 Å². The molecule has 3 rings (SSSR count). The topological polar surface area (TPSA) is 57.8 Å². The Hall–Kier alpha value is -1.66. The molecule has 0 unspecified atom stereocenters. The minimum absolute atomic E-state index is 0.162. The number of hydrogen-bond donors (Lipinski definition) is 2. The standard InChI is InChI=1S/C14H9Br2N3O/c15-10-3-4-12(11(16)6-10)18-14(20)8-1-2-9-7-17-19-13(9)5-8/h1-7H,(H,17,19)(H,18,20). The lowest BCUT2D eigenvalue weighted by Crippen LogP contribution is -2.12. The first-order chi connectivity index (χ1) is 9.63. The van der Waals surface area contributed by atoms with Crippen LogP contribution < -0.4 is 5.32 Å². The number of anilines is 1. The number of hydrogen-bond acceptors (Lipinski definition) is 2.